The number of methoxy groups -OCH3 is 1. The van der Waals surface area contributed by atoms with E-state index in [1.807, 2.05) is 0 Å². The summed E-state index contributed by atoms with van der Waals surface area (Å²) in [6, 6.07) is 4.23. The largest absolute Gasteiger partial charge is 0.496 e. The van der Waals surface area contributed by atoms with Gasteiger partial charge >= 0.3 is 6.18 Å². The molecule has 1 unspecified atom stereocenters. The Morgan fingerprint density at radius 3 is 2.58 bits per heavy atom. The van der Waals surface area contributed by atoms with Gasteiger partial charge in [0.15, 0.2) is 5.13 Å². The van der Waals surface area contributed by atoms with Gasteiger partial charge < -0.3 is 14.4 Å². The van der Waals surface area contributed by atoms with Crippen molar-refractivity contribution in [1.82, 2.24) is 24.8 Å². The Kier molecular flexibility index (Phi) is 9.57. The number of piperazine rings is 1. The fourth-order valence-corrected chi connectivity index (χ4v) is 6.43. The number of likely N-dealkylation sites (tertiary alicyclic amines) is 1. The molecule has 0 bridgehead atoms. The second-order valence-corrected chi connectivity index (χ2v) is 11.7. The van der Waals surface area contributed by atoms with Gasteiger partial charge in [-0.05, 0) is 44.5 Å². The summed E-state index contributed by atoms with van der Waals surface area (Å²) >= 11 is 1.24. The molecule has 1 aromatic carbocycles. The summed E-state index contributed by atoms with van der Waals surface area (Å²) in [5, 5.41) is 3.04. The van der Waals surface area contributed by atoms with Gasteiger partial charge in [-0.25, -0.2) is 15.0 Å². The van der Waals surface area contributed by atoms with Crippen molar-refractivity contribution in [2.75, 3.05) is 56.6 Å². The molecule has 2 aliphatic rings. The molecule has 1 N–H and O–H groups in total. The standard InChI is InChI=1S/C29H34F3N7O3S/c1-19-5-3-9-39(19)18-24-26(20-6-7-23(42-2)21(15-20)29(30,31)32)35-28(43-24)36-27(41)22-16-34-25(17-33-22)38-12-10-37(11-13-38)8-4-14-40/h6-7,14-17,19H,3-5,8-13,18H2,1-2H3,(H,35,36,41). The second-order valence-electron chi connectivity index (χ2n) is 10.7. The minimum absolute atomic E-state index is 0.101. The molecule has 14 heteroatoms. The molecule has 1 atom stereocenters. The van der Waals surface area contributed by atoms with Gasteiger partial charge in [-0.3, -0.25) is 19.9 Å². The number of ether oxygens (including phenoxy) is 1. The van der Waals surface area contributed by atoms with E-state index in [1.165, 1.54) is 30.7 Å². The number of carbonyl (C=O) groups excluding carboxylic acids is 2. The van der Waals surface area contributed by atoms with Crippen LogP contribution in [0, 0.1) is 0 Å². The van der Waals surface area contributed by atoms with E-state index < -0.39 is 17.6 Å². The summed E-state index contributed by atoms with van der Waals surface area (Å²) in [4.78, 5) is 44.4. The van der Waals surface area contributed by atoms with Crippen molar-refractivity contribution < 1.29 is 27.5 Å². The van der Waals surface area contributed by atoms with Crippen molar-refractivity contribution in [3.8, 4) is 17.0 Å². The molecule has 0 spiro atoms. The lowest BCUT2D eigenvalue weighted by molar-refractivity contribution is -0.138. The lowest BCUT2D eigenvalue weighted by Gasteiger charge is -2.34. The first kappa shape index (κ1) is 30.8. The second kappa shape index (κ2) is 13.3. The molecule has 4 heterocycles. The average molecular weight is 618 g/mol. The highest BCUT2D eigenvalue weighted by molar-refractivity contribution is 7.16. The number of nitrogens with zero attached hydrogens (tertiary/aromatic N) is 6. The average Bonchev–Trinajstić information content (AvgIpc) is 3.60. The number of benzene rings is 1. The number of anilines is 2. The Morgan fingerprint density at radius 2 is 1.95 bits per heavy atom. The fraction of sp³-hybridized carbons (Fsp3) is 0.483. The van der Waals surface area contributed by atoms with Gasteiger partial charge in [0.25, 0.3) is 5.91 Å². The Balaban J connectivity index is 1.34. The van der Waals surface area contributed by atoms with Gasteiger partial charge in [0.2, 0.25) is 0 Å². The van der Waals surface area contributed by atoms with Crippen molar-refractivity contribution in [2.24, 2.45) is 0 Å². The van der Waals surface area contributed by atoms with Crippen LogP contribution in [0.5, 0.6) is 5.75 Å². The van der Waals surface area contributed by atoms with Gasteiger partial charge in [-0.15, -0.1) is 0 Å². The van der Waals surface area contributed by atoms with Crippen LogP contribution >= 0.6 is 11.3 Å². The number of aldehydes is 1. The summed E-state index contributed by atoms with van der Waals surface area (Å²) in [6.45, 7) is 7.34. The predicted molar refractivity (Wildman–Crippen MR) is 158 cm³/mol. The van der Waals surface area contributed by atoms with E-state index in [4.69, 9.17) is 4.74 Å². The first-order chi connectivity index (χ1) is 20.7. The van der Waals surface area contributed by atoms with Crippen molar-refractivity contribution in [3.63, 3.8) is 0 Å². The van der Waals surface area contributed by atoms with Gasteiger partial charge in [0.05, 0.1) is 30.8 Å². The van der Waals surface area contributed by atoms with Crippen molar-refractivity contribution in [3.05, 3.63) is 46.7 Å². The quantitative estimate of drug-likeness (QED) is 0.328. The molecule has 2 aliphatic heterocycles. The number of carbonyl (C=O) groups is 2. The minimum Gasteiger partial charge on any atom is -0.496 e. The zero-order valence-electron chi connectivity index (χ0n) is 24.1. The molecule has 0 aliphatic carbocycles. The summed E-state index contributed by atoms with van der Waals surface area (Å²) in [7, 11) is 1.20. The molecular weight excluding hydrogens is 583 g/mol. The molecule has 230 valence electrons. The van der Waals surface area contributed by atoms with Crippen molar-refractivity contribution in [1.29, 1.82) is 0 Å². The molecule has 1 amide bonds. The van der Waals surface area contributed by atoms with Gasteiger partial charge in [0.1, 0.15) is 23.5 Å². The maximum atomic E-state index is 13.8. The topological polar surface area (TPSA) is 104 Å². The predicted octanol–water partition coefficient (Wildman–Crippen LogP) is 4.58. The van der Waals surface area contributed by atoms with Crippen LogP contribution in [0.25, 0.3) is 11.3 Å². The smallest absolute Gasteiger partial charge is 0.419 e. The van der Waals surface area contributed by atoms with Crippen LogP contribution in [-0.4, -0.2) is 89.4 Å². The zero-order valence-corrected chi connectivity index (χ0v) is 24.9. The maximum absolute atomic E-state index is 13.8. The van der Waals surface area contributed by atoms with E-state index in [2.05, 4.69) is 41.9 Å². The number of alkyl halides is 3. The first-order valence-electron chi connectivity index (χ1n) is 14.2. The van der Waals surface area contributed by atoms with Gasteiger partial charge in [-0.2, -0.15) is 13.2 Å². The van der Waals surface area contributed by atoms with E-state index in [0.29, 0.717) is 36.1 Å². The summed E-state index contributed by atoms with van der Waals surface area (Å²) in [5.41, 5.74) is -0.101. The fourth-order valence-electron chi connectivity index (χ4n) is 5.43. The van der Waals surface area contributed by atoms with E-state index in [-0.39, 0.29) is 16.6 Å². The van der Waals surface area contributed by atoms with Crippen LogP contribution in [0.3, 0.4) is 0 Å². The molecule has 0 saturated carbocycles. The summed E-state index contributed by atoms with van der Waals surface area (Å²) < 4.78 is 46.3. The van der Waals surface area contributed by atoms with Crippen molar-refractivity contribution in [2.45, 2.75) is 44.9 Å². The molecule has 2 saturated heterocycles. The van der Waals surface area contributed by atoms with Crippen LogP contribution in [-0.2, 0) is 17.5 Å². The van der Waals surface area contributed by atoms with E-state index in [9.17, 15) is 22.8 Å². The third-order valence-corrected chi connectivity index (χ3v) is 8.82. The molecule has 10 nitrogen and oxygen atoms in total. The third kappa shape index (κ3) is 7.31. The molecule has 5 rings (SSSR count). The van der Waals surface area contributed by atoms with Crippen LogP contribution < -0.4 is 15.0 Å². The number of aromatic nitrogens is 3. The molecule has 3 aromatic rings. The van der Waals surface area contributed by atoms with Crippen LogP contribution in [0.2, 0.25) is 0 Å². The zero-order chi connectivity index (χ0) is 30.6. The number of halogens is 3. The number of hydrogen-bond donors (Lipinski definition) is 1. The lowest BCUT2D eigenvalue weighted by atomic mass is 10.1. The lowest BCUT2D eigenvalue weighted by Crippen LogP contribution is -2.47. The normalized spacial score (nSPS) is 18.2. The van der Waals surface area contributed by atoms with Crippen LogP contribution in [0.1, 0.15) is 47.1 Å². The van der Waals surface area contributed by atoms with E-state index >= 15 is 0 Å². The Hall–Kier alpha value is -3.62. The monoisotopic (exact) mass is 617 g/mol. The van der Waals surface area contributed by atoms with Gasteiger partial charge in [0, 0.05) is 62.2 Å². The van der Waals surface area contributed by atoms with Crippen LogP contribution in [0.4, 0.5) is 24.1 Å². The Bertz CT molecular complexity index is 1430. The Morgan fingerprint density at radius 1 is 1.16 bits per heavy atom. The SMILES string of the molecule is COc1ccc(-c2nc(NC(=O)c3cnc(N4CCN(CCC=O)CC4)cn3)sc2CN2CCCC2C)cc1C(F)(F)F. The molecule has 0 radical (unpaired) electrons. The van der Waals surface area contributed by atoms with Gasteiger partial charge in [-0.1, -0.05) is 11.3 Å². The van der Waals surface area contributed by atoms with E-state index in [1.54, 1.807) is 12.3 Å². The number of amides is 1. The summed E-state index contributed by atoms with van der Waals surface area (Å²) in [6.07, 6.45) is 1.88. The third-order valence-electron chi connectivity index (χ3n) is 7.86. The van der Waals surface area contributed by atoms with Crippen molar-refractivity contribution >= 4 is 34.5 Å². The van der Waals surface area contributed by atoms with Crippen LogP contribution in [0.15, 0.2) is 30.6 Å². The first-order valence-corrected chi connectivity index (χ1v) is 15.0. The summed E-state index contributed by atoms with van der Waals surface area (Å²) in [5.74, 6) is -0.119. The highest BCUT2D eigenvalue weighted by Gasteiger charge is 2.35. The number of hydrogen-bond acceptors (Lipinski definition) is 10. The molecule has 2 aromatic heterocycles. The number of rotatable bonds is 10. The highest BCUT2D eigenvalue weighted by Crippen LogP contribution is 2.41. The molecule has 43 heavy (non-hydrogen) atoms. The number of nitrogens with one attached hydrogen (secondary N) is 1. The molecule has 2 fully saturated rings. The maximum Gasteiger partial charge on any atom is 0.419 e. The Labute approximate surface area is 251 Å². The highest BCUT2D eigenvalue weighted by atomic mass is 32.1. The molecular formula is C29H34F3N7O3S. The number of thiazole rings is 1. The minimum atomic E-state index is -4.60. The van der Waals surface area contributed by atoms with E-state index in [0.717, 1.165) is 69.3 Å².